The maximum Gasteiger partial charge on any atom is 0.513 e. The van der Waals surface area contributed by atoms with Gasteiger partial charge in [0.1, 0.15) is 19.0 Å². The molecule has 0 unspecified atom stereocenters. The molecular weight excluding hydrogens is 389 g/mol. The fraction of sp³-hybridized carbons (Fsp3) is 0.304. The van der Waals surface area contributed by atoms with Gasteiger partial charge in [-0.25, -0.2) is 14.0 Å². The Labute approximate surface area is 174 Å². The molecule has 0 aliphatic carbocycles. The van der Waals surface area contributed by atoms with Gasteiger partial charge < -0.3 is 19.1 Å². The van der Waals surface area contributed by atoms with Gasteiger partial charge in [-0.3, -0.25) is 0 Å². The van der Waals surface area contributed by atoms with Gasteiger partial charge in [-0.15, -0.1) is 0 Å². The van der Waals surface area contributed by atoms with Crippen molar-refractivity contribution in [1.82, 2.24) is 4.90 Å². The van der Waals surface area contributed by atoms with Crippen LogP contribution in [0.5, 0.6) is 0 Å². The Morgan fingerprint density at radius 2 is 1.83 bits per heavy atom. The van der Waals surface area contributed by atoms with Crippen molar-refractivity contribution in [2.24, 2.45) is 5.92 Å². The van der Waals surface area contributed by atoms with Crippen molar-refractivity contribution in [3.8, 4) is 0 Å². The van der Waals surface area contributed by atoms with Crippen LogP contribution in [0.25, 0.3) is 0 Å². The molecule has 2 aromatic carbocycles. The van der Waals surface area contributed by atoms with Gasteiger partial charge in [0.25, 0.3) is 0 Å². The summed E-state index contributed by atoms with van der Waals surface area (Å²) in [7, 11) is 0. The molecule has 1 heterocycles. The number of amides is 1. The van der Waals surface area contributed by atoms with Gasteiger partial charge in [0.2, 0.25) is 0 Å². The van der Waals surface area contributed by atoms with Crippen LogP contribution in [0.15, 0.2) is 67.4 Å². The zero-order valence-corrected chi connectivity index (χ0v) is 16.5. The third-order valence-electron chi connectivity index (χ3n) is 5.09. The normalized spacial score (nSPS) is 18.4. The van der Waals surface area contributed by atoms with E-state index in [4.69, 9.17) is 9.47 Å². The van der Waals surface area contributed by atoms with Gasteiger partial charge in [-0.2, -0.15) is 0 Å². The average molecular weight is 413 g/mol. The lowest BCUT2D eigenvalue weighted by Crippen LogP contribution is -2.45. The minimum Gasteiger partial charge on any atom is -0.445 e. The summed E-state index contributed by atoms with van der Waals surface area (Å²) in [6.45, 7) is 4.39. The highest BCUT2D eigenvalue weighted by Gasteiger charge is 2.34. The summed E-state index contributed by atoms with van der Waals surface area (Å²) in [5, 5.41) is 0. The summed E-state index contributed by atoms with van der Waals surface area (Å²) in [6.07, 6.45) is 0.353. The van der Waals surface area contributed by atoms with E-state index < -0.39 is 12.2 Å². The van der Waals surface area contributed by atoms with Crippen molar-refractivity contribution in [2.75, 3.05) is 19.7 Å². The summed E-state index contributed by atoms with van der Waals surface area (Å²) in [5.41, 5.74) is 1.83. The summed E-state index contributed by atoms with van der Waals surface area (Å²) in [5.74, 6) is -0.505. The first-order chi connectivity index (χ1) is 14.6. The van der Waals surface area contributed by atoms with E-state index in [0.29, 0.717) is 19.5 Å². The smallest absolute Gasteiger partial charge is 0.445 e. The van der Waals surface area contributed by atoms with Crippen LogP contribution in [0.1, 0.15) is 23.5 Å². The number of benzene rings is 2. The first-order valence-electron chi connectivity index (χ1n) is 9.72. The first kappa shape index (κ1) is 21.4. The molecule has 2 atom stereocenters. The Morgan fingerprint density at radius 1 is 1.10 bits per heavy atom. The molecule has 2 aromatic rings. The predicted octanol–water partition coefficient (Wildman–Crippen LogP) is 4.86. The highest BCUT2D eigenvalue weighted by atomic mass is 19.1. The predicted molar refractivity (Wildman–Crippen MR) is 108 cm³/mol. The molecule has 30 heavy (non-hydrogen) atoms. The molecule has 7 heteroatoms. The Balaban J connectivity index is 1.65. The molecule has 3 rings (SSSR count). The minimum absolute atomic E-state index is 0.000282. The molecule has 1 fully saturated rings. The van der Waals surface area contributed by atoms with Crippen molar-refractivity contribution in [3.05, 3.63) is 84.4 Å². The van der Waals surface area contributed by atoms with E-state index in [2.05, 4.69) is 11.3 Å². The highest BCUT2D eigenvalue weighted by molar-refractivity contribution is 5.68. The van der Waals surface area contributed by atoms with E-state index >= 15 is 0 Å². The lowest BCUT2D eigenvalue weighted by molar-refractivity contribution is 0.0375. The zero-order chi connectivity index (χ0) is 21.3. The number of rotatable bonds is 6. The van der Waals surface area contributed by atoms with Crippen LogP contribution in [0.3, 0.4) is 0 Å². The van der Waals surface area contributed by atoms with Crippen molar-refractivity contribution >= 4 is 12.2 Å². The highest BCUT2D eigenvalue weighted by Crippen LogP contribution is 2.34. The lowest BCUT2D eigenvalue weighted by atomic mass is 9.81. The molecule has 6 nitrogen and oxygen atoms in total. The number of nitrogens with zero attached hydrogens (tertiary/aromatic N) is 1. The van der Waals surface area contributed by atoms with E-state index in [9.17, 15) is 14.0 Å². The zero-order valence-electron chi connectivity index (χ0n) is 16.5. The quantitative estimate of drug-likeness (QED) is 0.500. The van der Waals surface area contributed by atoms with Gasteiger partial charge in [0, 0.05) is 19.0 Å². The third-order valence-corrected chi connectivity index (χ3v) is 5.09. The third kappa shape index (κ3) is 5.83. The molecule has 0 radical (unpaired) electrons. The van der Waals surface area contributed by atoms with Crippen molar-refractivity contribution in [3.63, 3.8) is 0 Å². The molecule has 0 bridgehead atoms. The Kier molecular flexibility index (Phi) is 7.43. The molecule has 0 N–H and O–H groups in total. The number of hydrogen-bond acceptors (Lipinski definition) is 5. The van der Waals surface area contributed by atoms with Crippen LogP contribution >= 0.6 is 0 Å². The van der Waals surface area contributed by atoms with Crippen LogP contribution in [0.2, 0.25) is 0 Å². The number of carbonyl (C=O) groups excluding carboxylic acids is 2. The molecule has 1 amide bonds. The molecule has 0 aromatic heterocycles. The van der Waals surface area contributed by atoms with Crippen LogP contribution in [-0.4, -0.2) is 36.8 Å². The molecule has 0 saturated carbocycles. The van der Waals surface area contributed by atoms with Crippen LogP contribution in [0.4, 0.5) is 14.0 Å². The van der Waals surface area contributed by atoms with Gasteiger partial charge in [0.15, 0.2) is 0 Å². The van der Waals surface area contributed by atoms with Gasteiger partial charge in [0.05, 0.1) is 6.26 Å². The van der Waals surface area contributed by atoms with E-state index in [-0.39, 0.29) is 30.9 Å². The van der Waals surface area contributed by atoms with E-state index in [0.717, 1.165) is 17.4 Å². The van der Waals surface area contributed by atoms with E-state index in [1.165, 1.54) is 12.1 Å². The van der Waals surface area contributed by atoms with Gasteiger partial charge in [-0.05, 0) is 35.6 Å². The molecule has 0 spiro atoms. The second-order valence-electron chi connectivity index (χ2n) is 7.04. The molecule has 1 aliphatic rings. The maximum absolute atomic E-state index is 13.3. The minimum atomic E-state index is -0.855. The number of piperidine rings is 1. The van der Waals surface area contributed by atoms with Crippen LogP contribution in [0, 0.1) is 11.7 Å². The average Bonchev–Trinajstić information content (AvgIpc) is 2.77. The summed E-state index contributed by atoms with van der Waals surface area (Å²) in [6, 6.07) is 15.7. The number of likely N-dealkylation sites (tertiary alicyclic amines) is 1. The van der Waals surface area contributed by atoms with E-state index in [1.807, 2.05) is 30.3 Å². The fourth-order valence-electron chi connectivity index (χ4n) is 3.60. The second kappa shape index (κ2) is 10.4. The summed E-state index contributed by atoms with van der Waals surface area (Å²) < 4.78 is 28.5. The monoisotopic (exact) mass is 413 g/mol. The summed E-state index contributed by atoms with van der Waals surface area (Å²) >= 11 is 0. The SMILES string of the molecule is C=COC(=O)OC[C@H]1CN(C(=O)OCc2ccccc2)CC[C@@H]1c1ccc(F)cc1. The van der Waals surface area contributed by atoms with Gasteiger partial charge >= 0.3 is 12.2 Å². The molecular formula is C23H24FNO5. The number of hydrogen-bond donors (Lipinski definition) is 0. The van der Waals surface area contributed by atoms with Crippen LogP contribution in [-0.2, 0) is 20.8 Å². The molecule has 1 saturated heterocycles. The maximum atomic E-state index is 13.3. The number of carbonyl (C=O) groups is 2. The topological polar surface area (TPSA) is 65.1 Å². The largest absolute Gasteiger partial charge is 0.513 e. The second-order valence-corrected chi connectivity index (χ2v) is 7.04. The Morgan fingerprint density at radius 3 is 2.53 bits per heavy atom. The lowest BCUT2D eigenvalue weighted by Gasteiger charge is -2.37. The van der Waals surface area contributed by atoms with Gasteiger partial charge in [-0.1, -0.05) is 49.0 Å². The number of halogens is 1. The molecule has 1 aliphatic heterocycles. The Hall–Kier alpha value is -3.35. The standard InChI is InChI=1S/C23H24FNO5/c1-2-28-23(27)30-16-19-14-25(22(26)29-15-17-6-4-3-5-7-17)13-12-21(19)18-8-10-20(24)11-9-18/h2-11,19,21H,1,12-16H2/t19-,21-/m1/s1. The fourth-order valence-corrected chi connectivity index (χ4v) is 3.60. The summed E-state index contributed by atoms with van der Waals surface area (Å²) in [4.78, 5) is 25.7. The first-order valence-corrected chi connectivity index (χ1v) is 9.72. The van der Waals surface area contributed by atoms with Crippen LogP contribution < -0.4 is 0 Å². The number of ether oxygens (including phenoxy) is 3. The van der Waals surface area contributed by atoms with E-state index in [1.54, 1.807) is 17.0 Å². The molecule has 158 valence electrons. The van der Waals surface area contributed by atoms with Crippen molar-refractivity contribution in [1.29, 1.82) is 0 Å². The van der Waals surface area contributed by atoms with Crippen molar-refractivity contribution in [2.45, 2.75) is 18.9 Å². The van der Waals surface area contributed by atoms with Crippen molar-refractivity contribution < 1.29 is 28.2 Å². The Bertz CT molecular complexity index is 856.